The number of hydrogen-bond donors (Lipinski definition) is 0. The molecule has 0 bridgehead atoms. The lowest BCUT2D eigenvalue weighted by atomic mass is 9.97. The quantitative estimate of drug-likeness (QED) is 0.391. The molecule has 1 saturated heterocycles. The highest BCUT2D eigenvalue weighted by Gasteiger charge is 2.30. The van der Waals surface area contributed by atoms with Crippen molar-refractivity contribution in [1.29, 1.82) is 5.26 Å². The van der Waals surface area contributed by atoms with Crippen molar-refractivity contribution < 1.29 is 19.1 Å². The van der Waals surface area contributed by atoms with Crippen LogP contribution < -0.4 is 4.74 Å². The van der Waals surface area contributed by atoms with Crippen LogP contribution in [0.3, 0.4) is 0 Å². The topological polar surface area (TPSA) is 84.6 Å². The largest absolute Gasteiger partial charge is 0.497 e. The molecular formula is C25H29N3O4. The van der Waals surface area contributed by atoms with Crippen LogP contribution in [-0.2, 0) is 14.3 Å². The van der Waals surface area contributed by atoms with Gasteiger partial charge in [-0.05, 0) is 75.6 Å². The SMILES string of the molecule is CCOC(=O)C1CCCN(C(=O)/C(C#N)=C/c2cc(C)n(-c3ccc(OC)cc3)c2C)C1. The number of ether oxygens (including phenoxy) is 2. The molecule has 0 radical (unpaired) electrons. The summed E-state index contributed by atoms with van der Waals surface area (Å²) in [6.45, 7) is 6.83. The van der Waals surface area contributed by atoms with Gasteiger partial charge in [0.1, 0.15) is 17.4 Å². The van der Waals surface area contributed by atoms with Crippen LogP contribution in [0.5, 0.6) is 5.75 Å². The molecule has 0 N–H and O–H groups in total. The van der Waals surface area contributed by atoms with Crippen LogP contribution in [-0.4, -0.2) is 48.1 Å². The standard InChI is InChI=1S/C25H29N3O4/c1-5-32-25(30)19-7-6-12-27(16-19)24(29)21(15-26)14-20-13-17(2)28(18(20)3)22-8-10-23(31-4)11-9-22/h8-11,13-14,19H,5-7,12,16H2,1-4H3/b21-14+. The van der Waals surface area contributed by atoms with Crippen LogP contribution >= 0.6 is 0 Å². The third kappa shape index (κ3) is 4.86. The third-order valence-corrected chi connectivity index (χ3v) is 5.78. The molecule has 0 saturated carbocycles. The summed E-state index contributed by atoms with van der Waals surface area (Å²) in [5.41, 5.74) is 3.76. The molecule has 168 valence electrons. The average molecular weight is 436 g/mol. The molecule has 0 spiro atoms. The Morgan fingerprint density at radius 1 is 1.25 bits per heavy atom. The molecule has 32 heavy (non-hydrogen) atoms. The van der Waals surface area contributed by atoms with Gasteiger partial charge in [0, 0.05) is 30.2 Å². The summed E-state index contributed by atoms with van der Waals surface area (Å²) in [6, 6.07) is 11.7. The number of carbonyl (C=O) groups is 2. The number of piperidine rings is 1. The van der Waals surface area contributed by atoms with E-state index in [-0.39, 0.29) is 29.9 Å². The molecule has 7 heteroatoms. The van der Waals surface area contributed by atoms with Crippen molar-refractivity contribution >= 4 is 18.0 Å². The van der Waals surface area contributed by atoms with E-state index >= 15 is 0 Å². The number of amides is 1. The molecule has 1 fully saturated rings. The Morgan fingerprint density at radius 3 is 2.59 bits per heavy atom. The van der Waals surface area contributed by atoms with E-state index in [2.05, 4.69) is 10.6 Å². The maximum Gasteiger partial charge on any atom is 0.310 e. The molecule has 1 aromatic carbocycles. The Hall–Kier alpha value is -3.53. The second kappa shape index (κ2) is 10.2. The number of aryl methyl sites for hydroxylation is 1. The van der Waals surface area contributed by atoms with Crippen molar-refractivity contribution in [2.45, 2.75) is 33.6 Å². The summed E-state index contributed by atoms with van der Waals surface area (Å²) in [4.78, 5) is 26.8. The first-order valence-corrected chi connectivity index (χ1v) is 10.8. The zero-order valence-corrected chi connectivity index (χ0v) is 19.1. The Balaban J connectivity index is 1.85. The van der Waals surface area contributed by atoms with E-state index in [0.29, 0.717) is 26.0 Å². The van der Waals surface area contributed by atoms with Gasteiger partial charge in [-0.25, -0.2) is 0 Å². The van der Waals surface area contributed by atoms with Gasteiger partial charge in [0.15, 0.2) is 0 Å². The van der Waals surface area contributed by atoms with Crippen molar-refractivity contribution in [3.05, 3.63) is 52.9 Å². The number of methoxy groups -OCH3 is 1. The Bertz CT molecular complexity index is 1060. The van der Waals surface area contributed by atoms with Gasteiger partial charge in [0.2, 0.25) is 0 Å². The zero-order chi connectivity index (χ0) is 23.3. The van der Waals surface area contributed by atoms with Gasteiger partial charge in [0.25, 0.3) is 5.91 Å². The lowest BCUT2D eigenvalue weighted by Crippen LogP contribution is -2.43. The van der Waals surface area contributed by atoms with E-state index in [1.807, 2.05) is 44.2 Å². The highest BCUT2D eigenvalue weighted by Crippen LogP contribution is 2.25. The van der Waals surface area contributed by atoms with Crippen LogP contribution in [0.25, 0.3) is 11.8 Å². The number of likely N-dealkylation sites (tertiary alicyclic amines) is 1. The van der Waals surface area contributed by atoms with Crippen LogP contribution in [0.15, 0.2) is 35.9 Å². The van der Waals surface area contributed by atoms with E-state index in [1.54, 1.807) is 25.0 Å². The number of rotatable bonds is 6. The number of nitrogens with zero attached hydrogens (tertiary/aromatic N) is 3. The normalized spacial score (nSPS) is 16.4. The highest BCUT2D eigenvalue weighted by molar-refractivity contribution is 6.02. The summed E-state index contributed by atoms with van der Waals surface area (Å²) in [7, 11) is 1.63. The molecule has 1 aliphatic heterocycles. The van der Waals surface area contributed by atoms with Gasteiger partial charge < -0.3 is 18.9 Å². The number of esters is 1. The van der Waals surface area contributed by atoms with E-state index < -0.39 is 0 Å². The lowest BCUT2D eigenvalue weighted by Gasteiger charge is -2.31. The number of nitriles is 1. The summed E-state index contributed by atoms with van der Waals surface area (Å²) >= 11 is 0. The second-order valence-electron chi connectivity index (χ2n) is 7.87. The molecule has 1 aromatic heterocycles. The molecule has 7 nitrogen and oxygen atoms in total. The van der Waals surface area contributed by atoms with Crippen molar-refractivity contribution in [3.8, 4) is 17.5 Å². The predicted octanol–water partition coefficient (Wildman–Crippen LogP) is 3.81. The summed E-state index contributed by atoms with van der Waals surface area (Å²) in [5, 5.41) is 9.71. The molecule has 2 heterocycles. The van der Waals surface area contributed by atoms with Gasteiger partial charge in [-0.3, -0.25) is 9.59 Å². The van der Waals surface area contributed by atoms with Gasteiger partial charge in [-0.1, -0.05) is 0 Å². The molecule has 0 aliphatic carbocycles. The van der Waals surface area contributed by atoms with E-state index in [4.69, 9.17) is 9.47 Å². The molecule has 1 unspecified atom stereocenters. The Morgan fingerprint density at radius 2 is 1.97 bits per heavy atom. The fourth-order valence-electron chi connectivity index (χ4n) is 4.14. The minimum Gasteiger partial charge on any atom is -0.497 e. The molecule has 2 aromatic rings. The first-order valence-electron chi connectivity index (χ1n) is 10.8. The van der Waals surface area contributed by atoms with E-state index in [0.717, 1.165) is 28.4 Å². The van der Waals surface area contributed by atoms with Crippen molar-refractivity contribution in [2.75, 3.05) is 26.8 Å². The van der Waals surface area contributed by atoms with Crippen LogP contribution in [0.2, 0.25) is 0 Å². The van der Waals surface area contributed by atoms with Crippen molar-refractivity contribution in [3.63, 3.8) is 0 Å². The first kappa shape index (κ1) is 23.1. The first-order chi connectivity index (χ1) is 15.4. The van der Waals surface area contributed by atoms with Gasteiger partial charge in [0.05, 0.1) is 19.6 Å². The van der Waals surface area contributed by atoms with Crippen molar-refractivity contribution in [1.82, 2.24) is 9.47 Å². The highest BCUT2D eigenvalue weighted by atomic mass is 16.5. The van der Waals surface area contributed by atoms with Crippen LogP contribution in [0, 0.1) is 31.1 Å². The fraction of sp³-hybridized carbons (Fsp3) is 0.400. The maximum absolute atomic E-state index is 13.1. The molecular weight excluding hydrogens is 406 g/mol. The monoisotopic (exact) mass is 435 g/mol. The smallest absolute Gasteiger partial charge is 0.310 e. The molecule has 1 atom stereocenters. The Labute approximate surface area is 188 Å². The van der Waals surface area contributed by atoms with E-state index in [9.17, 15) is 14.9 Å². The maximum atomic E-state index is 13.1. The summed E-state index contributed by atoms with van der Waals surface area (Å²) < 4.78 is 12.4. The van der Waals surface area contributed by atoms with Gasteiger partial charge in [-0.15, -0.1) is 0 Å². The zero-order valence-electron chi connectivity index (χ0n) is 19.1. The summed E-state index contributed by atoms with van der Waals surface area (Å²) in [6.07, 6.45) is 3.04. The number of hydrogen-bond acceptors (Lipinski definition) is 5. The fourth-order valence-corrected chi connectivity index (χ4v) is 4.14. The summed E-state index contributed by atoms with van der Waals surface area (Å²) in [5.74, 6) is -0.199. The third-order valence-electron chi connectivity index (χ3n) is 5.78. The minimum absolute atomic E-state index is 0.0597. The van der Waals surface area contributed by atoms with Crippen LogP contribution in [0.4, 0.5) is 0 Å². The number of benzene rings is 1. The van der Waals surface area contributed by atoms with Gasteiger partial charge in [-0.2, -0.15) is 5.26 Å². The van der Waals surface area contributed by atoms with Gasteiger partial charge >= 0.3 is 5.97 Å². The predicted molar refractivity (Wildman–Crippen MR) is 121 cm³/mol. The second-order valence-corrected chi connectivity index (χ2v) is 7.87. The molecule has 3 rings (SSSR count). The minimum atomic E-state index is -0.351. The Kier molecular flexibility index (Phi) is 7.37. The molecule has 1 aliphatic rings. The van der Waals surface area contributed by atoms with E-state index in [1.165, 1.54) is 0 Å². The number of aromatic nitrogens is 1. The van der Waals surface area contributed by atoms with Crippen molar-refractivity contribution in [2.24, 2.45) is 5.92 Å². The number of carbonyl (C=O) groups excluding carboxylic acids is 2. The lowest BCUT2D eigenvalue weighted by molar-refractivity contribution is -0.150. The van der Waals surface area contributed by atoms with Crippen LogP contribution in [0.1, 0.15) is 36.7 Å². The average Bonchev–Trinajstić information content (AvgIpc) is 3.09. The molecule has 1 amide bonds.